The van der Waals surface area contributed by atoms with Crippen molar-refractivity contribution in [2.45, 2.75) is 51.4 Å². The number of thiophene rings is 1. The number of hydrogen-bond donors (Lipinski definition) is 1. The van der Waals surface area contributed by atoms with Gasteiger partial charge in [-0.25, -0.2) is 0 Å². The highest BCUT2D eigenvalue weighted by atomic mass is 32.1. The van der Waals surface area contributed by atoms with E-state index in [0.29, 0.717) is 31.0 Å². The van der Waals surface area contributed by atoms with Gasteiger partial charge in [0.2, 0.25) is 0 Å². The molecular formula is C24H29F3N2O3S. The van der Waals surface area contributed by atoms with Crippen LogP contribution in [0, 0.1) is 13.8 Å². The molecule has 1 aromatic carbocycles. The van der Waals surface area contributed by atoms with Crippen LogP contribution in [0.5, 0.6) is 5.75 Å². The topological polar surface area (TPSA) is 53.0 Å². The van der Waals surface area contributed by atoms with E-state index in [9.17, 15) is 18.0 Å². The molecule has 0 saturated carbocycles. The molecule has 2 aromatic rings. The molecule has 2 atom stereocenters. The van der Waals surface area contributed by atoms with Crippen molar-refractivity contribution >= 4 is 17.2 Å². The lowest BCUT2D eigenvalue weighted by Crippen LogP contribution is -2.57. The molecule has 0 unspecified atom stereocenters. The number of aliphatic hydroxyl groups excluding tert-OH is 1. The van der Waals surface area contributed by atoms with Crippen LogP contribution in [0.4, 0.5) is 13.2 Å². The molecule has 33 heavy (non-hydrogen) atoms. The first-order chi connectivity index (χ1) is 15.7. The molecule has 9 heteroatoms. The van der Waals surface area contributed by atoms with Crippen LogP contribution in [0.25, 0.3) is 0 Å². The number of ether oxygens (including phenoxy) is 1. The third-order valence-electron chi connectivity index (χ3n) is 6.81. The number of carbonyl (C=O) groups excluding carboxylic acids is 1. The van der Waals surface area contributed by atoms with E-state index in [4.69, 9.17) is 9.84 Å². The number of amides is 1. The second-order valence-corrected chi connectivity index (χ2v) is 9.81. The van der Waals surface area contributed by atoms with Gasteiger partial charge in [0, 0.05) is 31.7 Å². The van der Waals surface area contributed by atoms with E-state index in [1.54, 1.807) is 4.90 Å². The number of carbonyl (C=O) groups is 1. The van der Waals surface area contributed by atoms with Crippen molar-refractivity contribution in [3.8, 4) is 5.75 Å². The molecule has 2 aliphatic heterocycles. The fourth-order valence-electron chi connectivity index (χ4n) is 5.02. The molecular weight excluding hydrogens is 453 g/mol. The van der Waals surface area contributed by atoms with Gasteiger partial charge in [-0.2, -0.15) is 13.2 Å². The molecule has 0 spiro atoms. The smallest absolute Gasteiger partial charge is 0.425 e. The van der Waals surface area contributed by atoms with Gasteiger partial charge in [0.25, 0.3) is 5.91 Å². The Kier molecular flexibility index (Phi) is 7.02. The van der Waals surface area contributed by atoms with Crippen molar-refractivity contribution in [1.29, 1.82) is 0 Å². The summed E-state index contributed by atoms with van der Waals surface area (Å²) in [5.74, 6) is 0.469. The van der Waals surface area contributed by atoms with E-state index < -0.39 is 11.1 Å². The Balaban J connectivity index is 1.48. The molecule has 0 bridgehead atoms. The maximum atomic E-state index is 12.9. The van der Waals surface area contributed by atoms with Gasteiger partial charge < -0.3 is 14.7 Å². The van der Waals surface area contributed by atoms with Crippen LogP contribution in [0.1, 0.15) is 56.5 Å². The molecule has 2 aliphatic rings. The Morgan fingerprint density at radius 2 is 1.94 bits per heavy atom. The summed E-state index contributed by atoms with van der Waals surface area (Å²) < 4.78 is 44.5. The third-order valence-corrected chi connectivity index (χ3v) is 7.93. The Morgan fingerprint density at radius 3 is 2.64 bits per heavy atom. The summed E-state index contributed by atoms with van der Waals surface area (Å²) in [5, 5.41) is 9.04. The maximum absolute atomic E-state index is 12.9. The lowest BCUT2D eigenvalue weighted by atomic mass is 9.86. The van der Waals surface area contributed by atoms with Gasteiger partial charge in [-0.1, -0.05) is 6.07 Å². The van der Waals surface area contributed by atoms with Crippen LogP contribution in [0.2, 0.25) is 0 Å². The van der Waals surface area contributed by atoms with E-state index in [1.807, 2.05) is 13.0 Å². The quantitative estimate of drug-likeness (QED) is 0.665. The third kappa shape index (κ3) is 4.90. The Morgan fingerprint density at radius 1 is 1.15 bits per heavy atom. The number of hydrogen-bond acceptors (Lipinski definition) is 5. The van der Waals surface area contributed by atoms with Gasteiger partial charge in [0.1, 0.15) is 17.2 Å². The summed E-state index contributed by atoms with van der Waals surface area (Å²) in [6.45, 7) is 6.07. The maximum Gasteiger partial charge on any atom is 0.425 e. The van der Waals surface area contributed by atoms with Crippen molar-refractivity contribution in [3.05, 3.63) is 50.7 Å². The van der Waals surface area contributed by atoms with Crippen LogP contribution < -0.4 is 4.74 Å². The summed E-state index contributed by atoms with van der Waals surface area (Å²) in [6.07, 6.45) is -1.39. The van der Waals surface area contributed by atoms with E-state index in [2.05, 4.69) is 17.9 Å². The first-order valence-electron chi connectivity index (χ1n) is 11.3. The SMILES string of the molecule is Cc1c(OCCO)ccc([C@H]2CCC[C@H]3CN(C(=O)c4ccc(C(F)(F)F)s4)CCN32)c1C. The van der Waals surface area contributed by atoms with Crippen molar-refractivity contribution in [3.63, 3.8) is 0 Å². The summed E-state index contributed by atoms with van der Waals surface area (Å²) in [6, 6.07) is 6.77. The van der Waals surface area contributed by atoms with E-state index in [-0.39, 0.29) is 36.1 Å². The minimum atomic E-state index is -4.42. The summed E-state index contributed by atoms with van der Waals surface area (Å²) >= 11 is 0.521. The number of alkyl halides is 3. The average molecular weight is 483 g/mol. The summed E-state index contributed by atoms with van der Waals surface area (Å²) in [7, 11) is 0. The van der Waals surface area contributed by atoms with Gasteiger partial charge in [0.15, 0.2) is 0 Å². The molecule has 1 N–H and O–H groups in total. The first-order valence-corrected chi connectivity index (χ1v) is 12.1. The first kappa shape index (κ1) is 24.0. The number of rotatable bonds is 5. The monoisotopic (exact) mass is 482 g/mol. The average Bonchev–Trinajstić information content (AvgIpc) is 3.30. The van der Waals surface area contributed by atoms with Crippen LogP contribution in [-0.2, 0) is 6.18 Å². The Bertz CT molecular complexity index is 1010. The molecule has 0 radical (unpaired) electrons. The highest BCUT2D eigenvalue weighted by molar-refractivity contribution is 7.14. The van der Waals surface area contributed by atoms with Crippen LogP contribution in [-0.4, -0.2) is 59.7 Å². The second kappa shape index (κ2) is 9.64. The lowest BCUT2D eigenvalue weighted by molar-refractivity contribution is -0.134. The minimum Gasteiger partial charge on any atom is -0.491 e. The van der Waals surface area contributed by atoms with Crippen LogP contribution >= 0.6 is 11.3 Å². The summed E-state index contributed by atoms with van der Waals surface area (Å²) in [4.78, 5) is 16.5. The molecule has 180 valence electrons. The fourth-order valence-corrected chi connectivity index (χ4v) is 5.86. The normalized spacial score (nSPS) is 21.7. The molecule has 5 nitrogen and oxygen atoms in total. The zero-order valence-electron chi connectivity index (χ0n) is 18.8. The molecule has 1 aromatic heterocycles. The second-order valence-electron chi connectivity index (χ2n) is 8.73. The molecule has 0 aliphatic carbocycles. The predicted octanol–water partition coefficient (Wildman–Crippen LogP) is 4.81. The molecule has 2 fully saturated rings. The van der Waals surface area contributed by atoms with Crippen molar-refractivity contribution in [2.24, 2.45) is 0 Å². The highest BCUT2D eigenvalue weighted by Crippen LogP contribution is 2.40. The van der Waals surface area contributed by atoms with Gasteiger partial charge in [-0.15, -0.1) is 11.3 Å². The summed E-state index contributed by atoms with van der Waals surface area (Å²) in [5.41, 5.74) is 3.49. The van der Waals surface area contributed by atoms with Gasteiger partial charge in [-0.05, 0) is 68.0 Å². The predicted molar refractivity (Wildman–Crippen MR) is 121 cm³/mol. The minimum absolute atomic E-state index is 0.0312. The van der Waals surface area contributed by atoms with E-state index >= 15 is 0 Å². The molecule has 1 amide bonds. The number of aliphatic hydroxyl groups is 1. The van der Waals surface area contributed by atoms with E-state index in [1.165, 1.54) is 17.2 Å². The van der Waals surface area contributed by atoms with E-state index in [0.717, 1.165) is 36.6 Å². The standard InChI is InChI=1S/C24H29F3N2O3S/c1-15-16(2)20(32-13-12-30)7-6-18(15)19-5-3-4-17-14-28(10-11-29(17)19)23(31)21-8-9-22(33-21)24(25,26)27/h6-9,17,19,30H,3-5,10-14H2,1-2H3/t17-,19+/m0/s1. The number of piperazine rings is 1. The lowest BCUT2D eigenvalue weighted by Gasteiger charge is -2.48. The molecule has 3 heterocycles. The van der Waals surface area contributed by atoms with Crippen molar-refractivity contribution < 1.29 is 27.8 Å². The van der Waals surface area contributed by atoms with Crippen molar-refractivity contribution in [2.75, 3.05) is 32.8 Å². The zero-order chi connectivity index (χ0) is 23.8. The molecule has 4 rings (SSSR count). The zero-order valence-corrected chi connectivity index (χ0v) is 19.6. The fraction of sp³-hybridized carbons (Fsp3) is 0.542. The van der Waals surface area contributed by atoms with Crippen LogP contribution in [0.3, 0.4) is 0 Å². The van der Waals surface area contributed by atoms with Gasteiger partial charge in [0.05, 0.1) is 11.5 Å². The van der Waals surface area contributed by atoms with Crippen molar-refractivity contribution in [1.82, 2.24) is 9.80 Å². The Hall–Kier alpha value is -2.10. The number of piperidine rings is 1. The van der Waals surface area contributed by atoms with Gasteiger partial charge >= 0.3 is 6.18 Å². The van der Waals surface area contributed by atoms with Crippen LogP contribution in [0.15, 0.2) is 24.3 Å². The number of benzene rings is 1. The largest absolute Gasteiger partial charge is 0.491 e. The number of fused-ring (bicyclic) bond motifs is 1. The molecule has 2 saturated heterocycles. The number of halogens is 3. The number of nitrogens with zero attached hydrogens (tertiary/aromatic N) is 2. The Labute approximate surface area is 195 Å². The van der Waals surface area contributed by atoms with Gasteiger partial charge in [-0.3, -0.25) is 9.69 Å². The highest BCUT2D eigenvalue weighted by Gasteiger charge is 2.39.